The maximum Gasteiger partial charge on any atom is 0.472 e. The van der Waals surface area contributed by atoms with Gasteiger partial charge in [-0.2, -0.15) is 26.3 Å². The minimum absolute atomic E-state index is 0.0721. The number of nitrogen functional groups attached to an aromatic ring is 1. The third-order valence-electron chi connectivity index (χ3n) is 2.56. The summed E-state index contributed by atoms with van der Waals surface area (Å²) >= 11 is 0. The number of anilines is 1. The smallest absolute Gasteiger partial charge is 0.399 e. The summed E-state index contributed by atoms with van der Waals surface area (Å²) in [4.78, 5) is 11.2. The molecule has 2 N–H and O–H groups in total. The summed E-state index contributed by atoms with van der Waals surface area (Å²) in [6.07, 6.45) is -10.5. The Labute approximate surface area is 107 Å². The topological polar surface area (TPSA) is 48.0 Å². The molecule has 0 amide bonds. The van der Waals surface area contributed by atoms with E-state index < -0.39 is 34.0 Å². The van der Waals surface area contributed by atoms with E-state index in [1.165, 1.54) is 0 Å². The van der Waals surface area contributed by atoms with Crippen LogP contribution in [0.15, 0.2) is 24.3 Å². The third-order valence-corrected chi connectivity index (χ3v) is 2.56. The van der Waals surface area contributed by atoms with Crippen molar-refractivity contribution in [1.29, 1.82) is 0 Å². The van der Waals surface area contributed by atoms with Crippen LogP contribution < -0.4 is 5.73 Å². The second-order valence-corrected chi connectivity index (χ2v) is 3.98. The number of nitrogens with zero attached hydrogens (tertiary/aromatic N) is 1. The van der Waals surface area contributed by atoms with Crippen LogP contribution in [0, 0.1) is 0 Å². The fourth-order valence-corrected chi connectivity index (χ4v) is 1.79. The SMILES string of the molecule is Nc1ccc2c(c1)cc(C(F)(F)F)n2C(=O)C(F)(F)F. The van der Waals surface area contributed by atoms with Crippen LogP contribution in [0.5, 0.6) is 0 Å². The van der Waals surface area contributed by atoms with E-state index in [4.69, 9.17) is 5.73 Å². The van der Waals surface area contributed by atoms with Crippen LogP contribution in [0.3, 0.4) is 0 Å². The molecule has 0 atom stereocenters. The minimum Gasteiger partial charge on any atom is -0.399 e. The second-order valence-electron chi connectivity index (χ2n) is 3.98. The Bertz CT molecular complexity index is 683. The molecule has 1 heterocycles. The number of rotatable bonds is 0. The summed E-state index contributed by atoms with van der Waals surface area (Å²) < 4.78 is 75.2. The Morgan fingerprint density at radius 1 is 1.05 bits per heavy atom. The lowest BCUT2D eigenvalue weighted by Gasteiger charge is -2.13. The number of carbonyl (C=O) groups is 1. The van der Waals surface area contributed by atoms with E-state index in [-0.39, 0.29) is 11.1 Å². The first-order valence-corrected chi connectivity index (χ1v) is 5.11. The Morgan fingerprint density at radius 2 is 1.65 bits per heavy atom. The summed E-state index contributed by atoms with van der Waals surface area (Å²) in [5.41, 5.74) is 3.23. The maximum atomic E-state index is 12.8. The summed E-state index contributed by atoms with van der Waals surface area (Å²) in [6, 6.07) is 3.56. The van der Waals surface area contributed by atoms with Gasteiger partial charge in [0, 0.05) is 11.1 Å². The number of hydrogen-bond acceptors (Lipinski definition) is 2. The van der Waals surface area contributed by atoms with Crippen LogP contribution in [0.4, 0.5) is 32.0 Å². The van der Waals surface area contributed by atoms with Gasteiger partial charge in [-0.25, -0.2) is 0 Å². The molecule has 0 aliphatic heterocycles. The molecule has 0 fully saturated rings. The van der Waals surface area contributed by atoms with E-state index in [1.54, 1.807) is 0 Å². The van der Waals surface area contributed by atoms with Crippen molar-refractivity contribution >= 4 is 22.5 Å². The van der Waals surface area contributed by atoms with E-state index in [9.17, 15) is 31.1 Å². The highest BCUT2D eigenvalue weighted by atomic mass is 19.4. The van der Waals surface area contributed by atoms with Crippen LogP contribution in [0.2, 0.25) is 0 Å². The monoisotopic (exact) mass is 296 g/mol. The highest BCUT2D eigenvalue weighted by molar-refractivity contribution is 5.97. The van der Waals surface area contributed by atoms with Crippen LogP contribution in [0.25, 0.3) is 10.9 Å². The molecule has 2 rings (SSSR count). The Hall–Kier alpha value is -2.19. The van der Waals surface area contributed by atoms with E-state index in [0.29, 0.717) is 6.07 Å². The predicted octanol–water partition coefficient (Wildman–Crippen LogP) is 3.44. The molecule has 3 nitrogen and oxygen atoms in total. The molecule has 0 aliphatic carbocycles. The minimum atomic E-state index is -5.42. The fraction of sp³-hybridized carbons (Fsp3) is 0.182. The standard InChI is InChI=1S/C11H6F6N2O/c12-10(13,14)8-4-5-3-6(18)1-2-7(5)19(8)9(20)11(15,16)17/h1-4H,18H2. The lowest BCUT2D eigenvalue weighted by atomic mass is 10.2. The molecular formula is C11H6F6N2O. The molecule has 1 aromatic heterocycles. The van der Waals surface area contributed by atoms with Crippen LogP contribution in [-0.2, 0) is 6.18 Å². The van der Waals surface area contributed by atoms with Gasteiger partial charge >= 0.3 is 18.3 Å². The van der Waals surface area contributed by atoms with Gasteiger partial charge in [-0.1, -0.05) is 0 Å². The van der Waals surface area contributed by atoms with Crippen molar-refractivity contribution in [2.75, 3.05) is 5.73 Å². The van der Waals surface area contributed by atoms with Crippen molar-refractivity contribution in [2.24, 2.45) is 0 Å². The van der Waals surface area contributed by atoms with Gasteiger partial charge in [-0.15, -0.1) is 0 Å². The molecule has 0 aliphatic rings. The number of carbonyl (C=O) groups excluding carboxylic acids is 1. The van der Waals surface area contributed by atoms with Crippen molar-refractivity contribution in [3.63, 3.8) is 0 Å². The zero-order chi connectivity index (χ0) is 15.3. The first kappa shape index (κ1) is 14.2. The molecule has 0 saturated carbocycles. The number of aromatic nitrogens is 1. The second kappa shape index (κ2) is 4.15. The largest absolute Gasteiger partial charge is 0.472 e. The van der Waals surface area contributed by atoms with Gasteiger partial charge in [0.2, 0.25) is 0 Å². The quantitative estimate of drug-likeness (QED) is 0.598. The average molecular weight is 296 g/mol. The van der Waals surface area contributed by atoms with Gasteiger partial charge in [-0.3, -0.25) is 9.36 Å². The van der Waals surface area contributed by atoms with Gasteiger partial charge in [-0.05, 0) is 24.3 Å². The molecular weight excluding hydrogens is 290 g/mol. The van der Waals surface area contributed by atoms with Gasteiger partial charge < -0.3 is 5.73 Å². The number of nitrogens with two attached hydrogens (primary N) is 1. The van der Waals surface area contributed by atoms with Crippen molar-refractivity contribution in [3.05, 3.63) is 30.0 Å². The van der Waals surface area contributed by atoms with E-state index in [0.717, 1.165) is 18.2 Å². The maximum absolute atomic E-state index is 12.8. The number of benzene rings is 1. The van der Waals surface area contributed by atoms with Crippen molar-refractivity contribution in [2.45, 2.75) is 12.4 Å². The number of halogens is 6. The van der Waals surface area contributed by atoms with Crippen LogP contribution in [0.1, 0.15) is 10.5 Å². The zero-order valence-corrected chi connectivity index (χ0v) is 9.51. The lowest BCUT2D eigenvalue weighted by Crippen LogP contribution is -2.32. The van der Waals surface area contributed by atoms with Crippen LogP contribution in [-0.4, -0.2) is 16.7 Å². The van der Waals surface area contributed by atoms with Crippen LogP contribution >= 0.6 is 0 Å². The van der Waals surface area contributed by atoms with E-state index in [2.05, 4.69) is 0 Å². The molecule has 1 aromatic carbocycles. The van der Waals surface area contributed by atoms with Crippen molar-refractivity contribution < 1.29 is 31.1 Å². The molecule has 108 valence electrons. The average Bonchev–Trinajstić information content (AvgIpc) is 2.64. The first-order valence-electron chi connectivity index (χ1n) is 5.11. The normalized spacial score (nSPS) is 12.9. The van der Waals surface area contributed by atoms with Gasteiger partial charge in [0.05, 0.1) is 5.52 Å². The predicted molar refractivity (Wildman–Crippen MR) is 58.0 cm³/mol. The highest BCUT2D eigenvalue weighted by Crippen LogP contribution is 2.36. The molecule has 2 aromatic rings. The molecule has 0 radical (unpaired) electrons. The third kappa shape index (κ3) is 2.30. The summed E-state index contributed by atoms with van der Waals surface area (Å²) in [5.74, 6) is -2.61. The van der Waals surface area contributed by atoms with E-state index in [1.807, 2.05) is 0 Å². The van der Waals surface area contributed by atoms with Crippen molar-refractivity contribution in [3.8, 4) is 0 Å². The highest BCUT2D eigenvalue weighted by Gasteiger charge is 2.46. The molecule has 20 heavy (non-hydrogen) atoms. The van der Waals surface area contributed by atoms with Gasteiger partial charge in [0.1, 0.15) is 5.69 Å². The Morgan fingerprint density at radius 3 is 2.15 bits per heavy atom. The summed E-state index contributed by atoms with van der Waals surface area (Å²) in [5, 5.41) is -0.199. The molecule has 0 unspecified atom stereocenters. The Kier molecular flexibility index (Phi) is 2.95. The molecule has 0 bridgehead atoms. The summed E-state index contributed by atoms with van der Waals surface area (Å²) in [7, 11) is 0. The molecule has 0 saturated heterocycles. The van der Waals surface area contributed by atoms with E-state index >= 15 is 0 Å². The number of fused-ring (bicyclic) bond motifs is 1. The summed E-state index contributed by atoms with van der Waals surface area (Å²) in [6.45, 7) is 0. The lowest BCUT2D eigenvalue weighted by molar-refractivity contribution is -0.144. The Balaban J connectivity index is 2.82. The van der Waals surface area contributed by atoms with Gasteiger partial charge in [0.15, 0.2) is 0 Å². The first-order chi connectivity index (χ1) is 9.01. The molecule has 9 heteroatoms. The fourth-order valence-electron chi connectivity index (χ4n) is 1.79. The zero-order valence-electron chi connectivity index (χ0n) is 9.51. The number of hydrogen-bond donors (Lipinski definition) is 1. The van der Waals surface area contributed by atoms with Gasteiger partial charge in [0.25, 0.3) is 0 Å². The van der Waals surface area contributed by atoms with Crippen molar-refractivity contribution in [1.82, 2.24) is 4.57 Å². The molecule has 0 spiro atoms. The number of alkyl halides is 6.